The maximum absolute atomic E-state index is 12.4. The fourth-order valence-electron chi connectivity index (χ4n) is 2.67. The zero-order valence-electron chi connectivity index (χ0n) is 12.5. The lowest BCUT2D eigenvalue weighted by Gasteiger charge is -2.33. The third-order valence-corrected chi connectivity index (χ3v) is 3.98. The van der Waals surface area contributed by atoms with Gasteiger partial charge in [0, 0.05) is 17.3 Å². The molecule has 1 aromatic carbocycles. The van der Waals surface area contributed by atoms with Gasteiger partial charge in [0.05, 0.1) is 11.1 Å². The Hall–Kier alpha value is -1.36. The van der Waals surface area contributed by atoms with Crippen LogP contribution >= 0.6 is 24.8 Å². The summed E-state index contributed by atoms with van der Waals surface area (Å²) in [4.78, 5) is 16.7. The van der Waals surface area contributed by atoms with E-state index in [4.69, 9.17) is 0 Å². The predicted molar refractivity (Wildman–Crippen MR) is 95.1 cm³/mol. The van der Waals surface area contributed by atoms with Crippen LogP contribution in [-0.4, -0.2) is 23.0 Å². The molecule has 6 heteroatoms. The van der Waals surface area contributed by atoms with E-state index in [1.165, 1.54) is 0 Å². The first kappa shape index (κ1) is 18.7. The Morgan fingerprint density at radius 3 is 2.82 bits per heavy atom. The first-order valence-electron chi connectivity index (χ1n) is 7.09. The van der Waals surface area contributed by atoms with Crippen molar-refractivity contribution < 1.29 is 4.79 Å². The summed E-state index contributed by atoms with van der Waals surface area (Å²) < 4.78 is 0. The molecule has 0 radical (unpaired) electrons. The monoisotopic (exact) mass is 341 g/mol. The summed E-state index contributed by atoms with van der Waals surface area (Å²) in [6.07, 6.45) is 4.89. The number of halogens is 2. The second-order valence-electron chi connectivity index (χ2n) is 5.58. The molecule has 1 fully saturated rings. The lowest BCUT2D eigenvalue weighted by atomic mass is 9.90. The van der Waals surface area contributed by atoms with E-state index in [0.717, 1.165) is 42.4 Å². The van der Waals surface area contributed by atoms with Crippen molar-refractivity contribution >= 4 is 47.3 Å². The smallest absolute Gasteiger partial charge is 0.244 e. The van der Waals surface area contributed by atoms with Gasteiger partial charge in [-0.3, -0.25) is 9.78 Å². The van der Waals surface area contributed by atoms with E-state index in [2.05, 4.69) is 15.6 Å². The van der Waals surface area contributed by atoms with Gasteiger partial charge >= 0.3 is 0 Å². The van der Waals surface area contributed by atoms with Crippen molar-refractivity contribution in [2.75, 3.05) is 11.9 Å². The van der Waals surface area contributed by atoms with Crippen molar-refractivity contribution in [2.45, 2.75) is 31.7 Å². The molecule has 1 saturated heterocycles. The summed E-state index contributed by atoms with van der Waals surface area (Å²) >= 11 is 0. The number of carbonyl (C=O) groups excluding carboxylic acids is 1. The summed E-state index contributed by atoms with van der Waals surface area (Å²) in [6.45, 7) is 2.88. The van der Waals surface area contributed by atoms with Gasteiger partial charge in [-0.1, -0.05) is 6.07 Å². The Bertz CT molecular complexity index is 642. The van der Waals surface area contributed by atoms with Crippen molar-refractivity contribution in [1.82, 2.24) is 10.3 Å². The van der Waals surface area contributed by atoms with Crippen molar-refractivity contribution in [3.8, 4) is 0 Å². The molecule has 1 aliphatic heterocycles. The van der Waals surface area contributed by atoms with Gasteiger partial charge in [0.15, 0.2) is 0 Å². The number of piperidine rings is 1. The molecule has 1 aromatic heterocycles. The van der Waals surface area contributed by atoms with Gasteiger partial charge in [0.2, 0.25) is 5.91 Å². The van der Waals surface area contributed by atoms with E-state index in [1.807, 2.05) is 37.3 Å². The van der Waals surface area contributed by atoms with Crippen molar-refractivity contribution in [1.29, 1.82) is 0 Å². The van der Waals surface area contributed by atoms with Crippen molar-refractivity contribution in [3.63, 3.8) is 0 Å². The molecular formula is C16H21Cl2N3O. The molecule has 0 aliphatic carbocycles. The highest BCUT2D eigenvalue weighted by Gasteiger charge is 2.34. The van der Waals surface area contributed by atoms with Crippen molar-refractivity contribution in [3.05, 3.63) is 36.5 Å². The van der Waals surface area contributed by atoms with Gasteiger partial charge in [-0.2, -0.15) is 0 Å². The SMILES string of the molecule is CC1(C(=O)Nc2ccc3ncccc3c2)CCCCN1.Cl.Cl. The Balaban J connectivity index is 0.00000121. The maximum atomic E-state index is 12.4. The van der Waals surface area contributed by atoms with Crippen LogP contribution in [0.4, 0.5) is 5.69 Å². The third kappa shape index (κ3) is 3.88. The molecule has 2 aromatic rings. The average Bonchev–Trinajstić information content (AvgIpc) is 2.48. The molecule has 1 aliphatic rings. The molecule has 22 heavy (non-hydrogen) atoms. The number of hydrogen-bond donors (Lipinski definition) is 2. The molecule has 2 N–H and O–H groups in total. The summed E-state index contributed by atoms with van der Waals surface area (Å²) in [5.41, 5.74) is 1.30. The quantitative estimate of drug-likeness (QED) is 0.878. The largest absolute Gasteiger partial charge is 0.324 e. The van der Waals surface area contributed by atoms with Crippen LogP contribution in [-0.2, 0) is 4.79 Å². The summed E-state index contributed by atoms with van der Waals surface area (Å²) in [5, 5.41) is 7.38. The summed E-state index contributed by atoms with van der Waals surface area (Å²) in [5.74, 6) is 0.0421. The third-order valence-electron chi connectivity index (χ3n) is 3.98. The number of carbonyl (C=O) groups is 1. The van der Waals surface area contributed by atoms with Crippen LogP contribution in [0.2, 0.25) is 0 Å². The van der Waals surface area contributed by atoms with Crippen LogP contribution in [0.15, 0.2) is 36.5 Å². The molecule has 1 atom stereocenters. The van der Waals surface area contributed by atoms with E-state index >= 15 is 0 Å². The van der Waals surface area contributed by atoms with Gasteiger partial charge in [-0.25, -0.2) is 0 Å². The number of nitrogens with one attached hydrogen (secondary N) is 2. The highest BCUT2D eigenvalue weighted by molar-refractivity contribution is 5.99. The van der Waals surface area contributed by atoms with Crippen LogP contribution in [0, 0.1) is 0 Å². The number of benzene rings is 1. The fraction of sp³-hybridized carbons (Fsp3) is 0.375. The van der Waals surface area contributed by atoms with Crippen LogP contribution < -0.4 is 10.6 Å². The molecule has 3 rings (SSSR count). The number of anilines is 1. The van der Waals surface area contributed by atoms with Gasteiger partial charge in [-0.15, -0.1) is 24.8 Å². The summed E-state index contributed by atoms with van der Waals surface area (Å²) in [7, 11) is 0. The van der Waals surface area contributed by atoms with E-state index in [-0.39, 0.29) is 30.7 Å². The molecule has 2 heterocycles. The maximum Gasteiger partial charge on any atom is 0.244 e. The predicted octanol–water partition coefficient (Wildman–Crippen LogP) is 3.55. The topological polar surface area (TPSA) is 54.0 Å². The van der Waals surface area contributed by atoms with Gasteiger partial charge in [0.25, 0.3) is 0 Å². The van der Waals surface area contributed by atoms with Gasteiger partial charge < -0.3 is 10.6 Å². The minimum atomic E-state index is -0.456. The van der Waals surface area contributed by atoms with Crippen molar-refractivity contribution in [2.24, 2.45) is 0 Å². The molecule has 1 amide bonds. The molecule has 0 saturated carbocycles. The number of fused-ring (bicyclic) bond motifs is 1. The molecular weight excluding hydrogens is 321 g/mol. The van der Waals surface area contributed by atoms with Crippen LogP contribution in [0.25, 0.3) is 10.9 Å². The van der Waals surface area contributed by atoms with Gasteiger partial charge in [0.1, 0.15) is 0 Å². The number of amides is 1. The lowest BCUT2D eigenvalue weighted by Crippen LogP contribution is -2.54. The van der Waals surface area contributed by atoms with Crippen LogP contribution in [0.5, 0.6) is 0 Å². The normalized spacial score (nSPS) is 20.6. The molecule has 120 valence electrons. The van der Waals surface area contributed by atoms with Gasteiger partial charge in [-0.05, 0) is 57.0 Å². The zero-order chi connectivity index (χ0) is 14.0. The summed E-state index contributed by atoms with van der Waals surface area (Å²) in [6, 6.07) is 9.70. The lowest BCUT2D eigenvalue weighted by molar-refractivity contribution is -0.122. The Kier molecular flexibility index (Phi) is 6.60. The second-order valence-corrected chi connectivity index (χ2v) is 5.58. The number of pyridine rings is 1. The molecule has 4 nitrogen and oxygen atoms in total. The van der Waals surface area contributed by atoms with Crippen LogP contribution in [0.1, 0.15) is 26.2 Å². The average molecular weight is 342 g/mol. The van der Waals surface area contributed by atoms with E-state index in [1.54, 1.807) is 6.20 Å². The Morgan fingerprint density at radius 2 is 2.09 bits per heavy atom. The minimum absolute atomic E-state index is 0. The Labute approximate surface area is 142 Å². The van der Waals surface area contributed by atoms with Crippen LogP contribution in [0.3, 0.4) is 0 Å². The molecule has 1 unspecified atom stereocenters. The first-order valence-corrected chi connectivity index (χ1v) is 7.09. The number of nitrogens with zero attached hydrogens (tertiary/aromatic N) is 1. The second kappa shape index (κ2) is 7.77. The van der Waals surface area contributed by atoms with E-state index in [9.17, 15) is 4.79 Å². The first-order chi connectivity index (χ1) is 9.67. The highest BCUT2D eigenvalue weighted by atomic mass is 35.5. The number of aromatic nitrogens is 1. The highest BCUT2D eigenvalue weighted by Crippen LogP contribution is 2.22. The molecule has 0 bridgehead atoms. The fourth-order valence-corrected chi connectivity index (χ4v) is 2.67. The molecule has 0 spiro atoms. The number of rotatable bonds is 2. The van der Waals surface area contributed by atoms with E-state index < -0.39 is 5.54 Å². The number of hydrogen-bond acceptors (Lipinski definition) is 3. The van der Waals surface area contributed by atoms with E-state index in [0.29, 0.717) is 0 Å². The standard InChI is InChI=1S/C16H19N3O.2ClH/c1-16(8-2-3-10-18-16)15(20)19-13-6-7-14-12(11-13)5-4-9-17-14;;/h4-7,9,11,18H,2-3,8,10H2,1H3,(H,19,20);2*1H. The minimum Gasteiger partial charge on any atom is -0.324 e. The zero-order valence-corrected chi connectivity index (χ0v) is 14.1. The Morgan fingerprint density at radius 1 is 1.27 bits per heavy atom.